The minimum Gasteiger partial charge on any atom is -0.491 e. The molecule has 0 aliphatic carbocycles. The Bertz CT molecular complexity index is 515. The van der Waals surface area contributed by atoms with E-state index in [-0.39, 0.29) is 23.8 Å². The summed E-state index contributed by atoms with van der Waals surface area (Å²) in [5.41, 5.74) is 6.45. The number of carbonyl (C=O) groups is 1. The molecule has 0 aliphatic heterocycles. The third-order valence-electron chi connectivity index (χ3n) is 3.09. The van der Waals surface area contributed by atoms with E-state index >= 15 is 0 Å². The summed E-state index contributed by atoms with van der Waals surface area (Å²) in [7, 11) is 0. The van der Waals surface area contributed by atoms with E-state index < -0.39 is 0 Å². The van der Waals surface area contributed by atoms with Crippen molar-refractivity contribution in [2.45, 2.75) is 40.2 Å². The Balaban J connectivity index is 2.89. The first kappa shape index (κ1) is 18.3. The van der Waals surface area contributed by atoms with E-state index in [0.717, 1.165) is 0 Å². The maximum atomic E-state index is 12.1. The highest BCUT2D eigenvalue weighted by Gasteiger charge is 2.24. The van der Waals surface area contributed by atoms with Gasteiger partial charge in [0.05, 0.1) is 16.8 Å². The van der Waals surface area contributed by atoms with E-state index in [4.69, 9.17) is 22.1 Å². The number of anilines is 1. The van der Waals surface area contributed by atoms with Gasteiger partial charge in [0.25, 0.3) is 0 Å². The molecule has 1 aromatic rings. The van der Waals surface area contributed by atoms with E-state index in [9.17, 15) is 4.79 Å². The summed E-state index contributed by atoms with van der Waals surface area (Å²) in [5, 5.41) is 3.34. The number of ether oxygens (including phenoxy) is 1. The second kappa shape index (κ2) is 7.47. The normalized spacial score (nSPS) is 12.9. The highest BCUT2D eigenvalue weighted by Crippen LogP contribution is 2.36. The minimum absolute atomic E-state index is 0.130. The molecule has 0 heterocycles. The number of rotatable bonds is 5. The molecule has 4 nitrogen and oxygen atoms in total. The first-order valence-electron chi connectivity index (χ1n) is 6.82. The van der Waals surface area contributed by atoms with Crippen LogP contribution in [-0.2, 0) is 4.79 Å². The van der Waals surface area contributed by atoms with Crippen LogP contribution >= 0.6 is 27.5 Å². The largest absolute Gasteiger partial charge is 0.491 e. The van der Waals surface area contributed by atoms with Crippen LogP contribution in [0.3, 0.4) is 0 Å². The molecule has 0 saturated carbocycles. The van der Waals surface area contributed by atoms with Crippen molar-refractivity contribution in [1.82, 2.24) is 0 Å². The molecule has 1 unspecified atom stereocenters. The molecule has 0 saturated heterocycles. The Labute approximate surface area is 139 Å². The summed E-state index contributed by atoms with van der Waals surface area (Å²) in [6, 6.07) is 3.16. The monoisotopic (exact) mass is 376 g/mol. The SMILES string of the molecule is CCOc1c(Br)cc(Cl)cc1NC(=O)CC(N)C(C)(C)C. The molecule has 1 amide bonds. The quantitative estimate of drug-likeness (QED) is 0.808. The summed E-state index contributed by atoms with van der Waals surface area (Å²) in [6.45, 7) is 8.39. The van der Waals surface area contributed by atoms with Gasteiger partial charge in [-0.25, -0.2) is 0 Å². The van der Waals surface area contributed by atoms with Gasteiger partial charge in [-0.3, -0.25) is 4.79 Å². The molecular weight excluding hydrogens is 356 g/mol. The zero-order valence-corrected chi connectivity index (χ0v) is 15.1. The molecule has 0 fully saturated rings. The maximum Gasteiger partial charge on any atom is 0.226 e. The average molecular weight is 378 g/mol. The van der Waals surface area contributed by atoms with Crippen LogP contribution < -0.4 is 15.8 Å². The van der Waals surface area contributed by atoms with Gasteiger partial charge in [0, 0.05) is 17.5 Å². The Kier molecular flexibility index (Phi) is 6.50. The Morgan fingerprint density at radius 2 is 2.10 bits per heavy atom. The van der Waals surface area contributed by atoms with Crippen molar-refractivity contribution in [3.63, 3.8) is 0 Å². The van der Waals surface area contributed by atoms with E-state index in [1.165, 1.54) is 0 Å². The zero-order valence-electron chi connectivity index (χ0n) is 12.8. The second-order valence-electron chi connectivity index (χ2n) is 5.92. The van der Waals surface area contributed by atoms with Gasteiger partial charge < -0.3 is 15.8 Å². The zero-order chi connectivity index (χ0) is 16.2. The number of benzene rings is 1. The summed E-state index contributed by atoms with van der Waals surface area (Å²) in [4.78, 5) is 12.1. The number of amides is 1. The minimum atomic E-state index is -0.226. The number of hydrogen-bond donors (Lipinski definition) is 2. The smallest absolute Gasteiger partial charge is 0.226 e. The lowest BCUT2D eigenvalue weighted by molar-refractivity contribution is -0.117. The Morgan fingerprint density at radius 3 is 2.62 bits per heavy atom. The first-order valence-corrected chi connectivity index (χ1v) is 7.99. The molecule has 3 N–H and O–H groups in total. The average Bonchev–Trinajstić information content (AvgIpc) is 2.32. The Hall–Kier alpha value is -0.780. The van der Waals surface area contributed by atoms with Gasteiger partial charge >= 0.3 is 0 Å². The standard InChI is InChI=1S/C15H22BrClN2O2/c1-5-21-14-10(16)6-9(17)7-11(14)19-13(20)8-12(18)15(2,3)4/h6-7,12H,5,8,18H2,1-4H3,(H,19,20). The highest BCUT2D eigenvalue weighted by molar-refractivity contribution is 9.10. The van der Waals surface area contributed by atoms with Gasteiger partial charge in [0.2, 0.25) is 5.91 Å². The van der Waals surface area contributed by atoms with Crippen LogP contribution in [0.4, 0.5) is 5.69 Å². The van der Waals surface area contributed by atoms with Gasteiger partial charge in [-0.05, 0) is 40.4 Å². The molecule has 21 heavy (non-hydrogen) atoms. The van der Waals surface area contributed by atoms with Crippen molar-refractivity contribution in [3.8, 4) is 5.75 Å². The summed E-state index contributed by atoms with van der Waals surface area (Å²) in [6.07, 6.45) is 0.235. The van der Waals surface area contributed by atoms with Crippen molar-refractivity contribution < 1.29 is 9.53 Å². The van der Waals surface area contributed by atoms with Gasteiger partial charge in [0.15, 0.2) is 5.75 Å². The first-order chi connectivity index (χ1) is 9.65. The Morgan fingerprint density at radius 1 is 1.48 bits per heavy atom. The van der Waals surface area contributed by atoms with E-state index in [1.54, 1.807) is 12.1 Å². The molecule has 6 heteroatoms. The van der Waals surface area contributed by atoms with Crippen LogP contribution in [-0.4, -0.2) is 18.6 Å². The number of hydrogen-bond acceptors (Lipinski definition) is 3. The van der Waals surface area contributed by atoms with Gasteiger partial charge in [-0.15, -0.1) is 0 Å². The second-order valence-corrected chi connectivity index (χ2v) is 7.21. The topological polar surface area (TPSA) is 64.3 Å². The van der Waals surface area contributed by atoms with Gasteiger partial charge in [0.1, 0.15) is 0 Å². The van der Waals surface area contributed by atoms with Crippen LogP contribution in [0, 0.1) is 5.41 Å². The molecule has 1 atom stereocenters. The van der Waals surface area contributed by atoms with Crippen molar-refractivity contribution in [2.24, 2.45) is 11.1 Å². The number of nitrogens with one attached hydrogen (secondary N) is 1. The lowest BCUT2D eigenvalue weighted by Crippen LogP contribution is -2.38. The lowest BCUT2D eigenvalue weighted by Gasteiger charge is -2.26. The predicted octanol–water partition coefficient (Wildman–Crippen LogP) is 4.20. The van der Waals surface area contributed by atoms with Crippen LogP contribution in [0.1, 0.15) is 34.1 Å². The molecule has 0 spiro atoms. The lowest BCUT2D eigenvalue weighted by atomic mass is 9.85. The fourth-order valence-electron chi connectivity index (χ4n) is 1.65. The van der Waals surface area contributed by atoms with Crippen LogP contribution in [0.2, 0.25) is 5.02 Å². The molecule has 0 aromatic heterocycles. The van der Waals surface area contributed by atoms with E-state index in [0.29, 0.717) is 27.5 Å². The molecule has 1 aromatic carbocycles. The fourth-order valence-corrected chi connectivity index (χ4v) is 2.58. The fraction of sp³-hybridized carbons (Fsp3) is 0.533. The van der Waals surface area contributed by atoms with Crippen molar-refractivity contribution in [2.75, 3.05) is 11.9 Å². The predicted molar refractivity (Wildman–Crippen MR) is 91.0 cm³/mol. The molecule has 0 aliphatic rings. The molecule has 0 radical (unpaired) electrons. The van der Waals surface area contributed by atoms with Crippen LogP contribution in [0.15, 0.2) is 16.6 Å². The van der Waals surface area contributed by atoms with Gasteiger partial charge in [-0.1, -0.05) is 32.4 Å². The van der Waals surface area contributed by atoms with Crippen LogP contribution in [0.5, 0.6) is 5.75 Å². The molecule has 0 bridgehead atoms. The van der Waals surface area contributed by atoms with Gasteiger partial charge in [-0.2, -0.15) is 0 Å². The third kappa shape index (κ3) is 5.49. The maximum absolute atomic E-state index is 12.1. The number of carbonyl (C=O) groups excluding carboxylic acids is 1. The van der Waals surface area contributed by atoms with Crippen molar-refractivity contribution >= 4 is 39.1 Å². The summed E-state index contributed by atoms with van der Waals surface area (Å²) < 4.78 is 6.25. The number of halogens is 2. The molecule has 118 valence electrons. The van der Waals surface area contributed by atoms with Crippen molar-refractivity contribution in [3.05, 3.63) is 21.6 Å². The van der Waals surface area contributed by atoms with Crippen LogP contribution in [0.25, 0.3) is 0 Å². The van der Waals surface area contributed by atoms with E-state index in [1.807, 2.05) is 27.7 Å². The molecule has 1 rings (SSSR count). The summed E-state index contributed by atoms with van der Waals surface area (Å²) >= 11 is 9.41. The van der Waals surface area contributed by atoms with Crippen molar-refractivity contribution in [1.29, 1.82) is 0 Å². The van der Waals surface area contributed by atoms with E-state index in [2.05, 4.69) is 21.2 Å². The molecular formula is C15H22BrClN2O2. The summed E-state index contributed by atoms with van der Waals surface area (Å²) in [5.74, 6) is 0.409. The highest BCUT2D eigenvalue weighted by atomic mass is 79.9. The number of nitrogens with two attached hydrogens (primary N) is 1. The third-order valence-corrected chi connectivity index (χ3v) is 3.90.